The Kier molecular flexibility index (Phi) is 5.73. The largest absolute Gasteiger partial charge is 0.493 e. The Morgan fingerprint density at radius 2 is 1.71 bits per heavy atom. The summed E-state index contributed by atoms with van der Waals surface area (Å²) in [5, 5.41) is 0. The molecule has 28 heavy (non-hydrogen) atoms. The number of amides is 1. The van der Waals surface area contributed by atoms with E-state index < -0.39 is 5.97 Å². The third-order valence-electron chi connectivity index (χ3n) is 4.73. The van der Waals surface area contributed by atoms with Crippen LogP contribution in [0.5, 0.6) is 17.2 Å². The van der Waals surface area contributed by atoms with Crippen LogP contribution in [-0.4, -0.2) is 45.9 Å². The molecule has 1 amide bonds. The fourth-order valence-electron chi connectivity index (χ4n) is 3.48. The standard InChI is InChI=1S/C21H23NO6/c1-13-11-14-7-5-6-8-16(14)22(13)18(23)12-28-21(24)15-9-10-17(25-2)20(27-4)19(15)26-3/h5-10,13H,11-12H2,1-4H3/t13-/m1/s1. The molecule has 1 aliphatic heterocycles. The summed E-state index contributed by atoms with van der Waals surface area (Å²) in [5.74, 6) is -0.0435. The molecule has 7 heteroatoms. The van der Waals surface area contributed by atoms with Gasteiger partial charge in [0.15, 0.2) is 18.1 Å². The molecule has 0 aromatic heterocycles. The van der Waals surface area contributed by atoms with E-state index in [1.54, 1.807) is 11.0 Å². The van der Waals surface area contributed by atoms with Gasteiger partial charge in [-0.2, -0.15) is 0 Å². The molecule has 1 heterocycles. The highest BCUT2D eigenvalue weighted by atomic mass is 16.5. The minimum Gasteiger partial charge on any atom is -0.493 e. The second-order valence-corrected chi connectivity index (χ2v) is 6.40. The predicted octanol–water partition coefficient (Wildman–Crippen LogP) is 2.85. The number of anilines is 1. The average molecular weight is 385 g/mol. The van der Waals surface area contributed by atoms with Crippen LogP contribution in [0.3, 0.4) is 0 Å². The molecule has 0 unspecified atom stereocenters. The number of carbonyl (C=O) groups is 2. The van der Waals surface area contributed by atoms with Crippen molar-refractivity contribution in [1.29, 1.82) is 0 Å². The highest BCUT2D eigenvalue weighted by molar-refractivity contribution is 6.00. The maximum absolute atomic E-state index is 12.7. The van der Waals surface area contributed by atoms with Crippen molar-refractivity contribution < 1.29 is 28.5 Å². The van der Waals surface area contributed by atoms with Crippen LogP contribution in [0.2, 0.25) is 0 Å². The Morgan fingerprint density at radius 1 is 1.00 bits per heavy atom. The highest BCUT2D eigenvalue weighted by Crippen LogP contribution is 2.40. The van der Waals surface area contributed by atoms with E-state index in [2.05, 4.69) is 0 Å². The lowest BCUT2D eigenvalue weighted by molar-refractivity contribution is -0.122. The summed E-state index contributed by atoms with van der Waals surface area (Å²) in [7, 11) is 4.36. The molecular formula is C21H23NO6. The van der Waals surface area contributed by atoms with Crippen molar-refractivity contribution >= 4 is 17.6 Å². The number of hydrogen-bond acceptors (Lipinski definition) is 6. The Hall–Kier alpha value is -3.22. The van der Waals surface area contributed by atoms with Crippen molar-refractivity contribution in [3.63, 3.8) is 0 Å². The van der Waals surface area contributed by atoms with E-state index in [1.165, 1.54) is 27.4 Å². The molecule has 0 N–H and O–H groups in total. The maximum Gasteiger partial charge on any atom is 0.342 e. The van der Waals surface area contributed by atoms with Gasteiger partial charge in [0.2, 0.25) is 5.75 Å². The molecule has 0 bridgehead atoms. The summed E-state index contributed by atoms with van der Waals surface area (Å²) in [5.41, 5.74) is 2.12. The summed E-state index contributed by atoms with van der Waals surface area (Å²) in [6, 6.07) is 10.8. The Balaban J connectivity index is 1.75. The van der Waals surface area contributed by atoms with E-state index in [9.17, 15) is 9.59 Å². The van der Waals surface area contributed by atoms with Crippen LogP contribution in [0.4, 0.5) is 5.69 Å². The van der Waals surface area contributed by atoms with Gasteiger partial charge in [-0.25, -0.2) is 4.79 Å². The first-order chi connectivity index (χ1) is 13.5. The topological polar surface area (TPSA) is 74.3 Å². The number of ether oxygens (including phenoxy) is 4. The van der Waals surface area contributed by atoms with Crippen LogP contribution in [0.1, 0.15) is 22.8 Å². The van der Waals surface area contributed by atoms with Crippen molar-refractivity contribution in [2.24, 2.45) is 0 Å². The van der Waals surface area contributed by atoms with Crippen LogP contribution < -0.4 is 19.1 Å². The maximum atomic E-state index is 12.7. The van der Waals surface area contributed by atoms with Gasteiger partial charge in [0, 0.05) is 11.7 Å². The van der Waals surface area contributed by atoms with E-state index in [-0.39, 0.29) is 35.6 Å². The van der Waals surface area contributed by atoms with Crippen molar-refractivity contribution in [3.05, 3.63) is 47.5 Å². The van der Waals surface area contributed by atoms with Crippen molar-refractivity contribution in [2.45, 2.75) is 19.4 Å². The van der Waals surface area contributed by atoms with E-state index in [1.807, 2.05) is 31.2 Å². The average Bonchev–Trinajstić information content (AvgIpc) is 3.06. The number of nitrogens with zero attached hydrogens (tertiary/aromatic N) is 1. The lowest BCUT2D eigenvalue weighted by Gasteiger charge is -2.22. The number of benzene rings is 2. The lowest BCUT2D eigenvalue weighted by atomic mass is 10.1. The zero-order valence-electron chi connectivity index (χ0n) is 16.4. The molecule has 1 aliphatic rings. The molecule has 3 rings (SSSR count). The highest BCUT2D eigenvalue weighted by Gasteiger charge is 2.31. The third-order valence-corrected chi connectivity index (χ3v) is 4.73. The zero-order valence-corrected chi connectivity index (χ0v) is 16.4. The summed E-state index contributed by atoms with van der Waals surface area (Å²) in [6.07, 6.45) is 0.777. The van der Waals surface area contributed by atoms with Crippen LogP contribution in [0, 0.1) is 0 Å². The molecule has 0 spiro atoms. The number of fused-ring (bicyclic) bond motifs is 1. The molecule has 148 valence electrons. The van der Waals surface area contributed by atoms with Crippen LogP contribution in [0.25, 0.3) is 0 Å². The molecule has 0 saturated heterocycles. The van der Waals surface area contributed by atoms with E-state index in [0.29, 0.717) is 5.75 Å². The molecule has 7 nitrogen and oxygen atoms in total. The molecule has 1 atom stereocenters. The number of esters is 1. The summed E-state index contributed by atoms with van der Waals surface area (Å²) >= 11 is 0. The Bertz CT molecular complexity index is 894. The van der Waals surface area contributed by atoms with E-state index >= 15 is 0 Å². The van der Waals surface area contributed by atoms with Gasteiger partial charge >= 0.3 is 5.97 Å². The monoisotopic (exact) mass is 385 g/mol. The fraction of sp³-hybridized carbons (Fsp3) is 0.333. The molecule has 0 radical (unpaired) electrons. The number of rotatable bonds is 6. The Morgan fingerprint density at radius 3 is 2.39 bits per heavy atom. The summed E-state index contributed by atoms with van der Waals surface area (Å²) < 4.78 is 21.1. The molecular weight excluding hydrogens is 362 g/mol. The van der Waals surface area contributed by atoms with Crippen LogP contribution in [0.15, 0.2) is 36.4 Å². The van der Waals surface area contributed by atoms with Crippen molar-refractivity contribution in [1.82, 2.24) is 0 Å². The number of para-hydroxylation sites is 1. The minimum absolute atomic E-state index is 0.0132. The normalized spacial score (nSPS) is 15.0. The first-order valence-corrected chi connectivity index (χ1v) is 8.87. The molecule has 0 saturated carbocycles. The van der Waals surface area contributed by atoms with Gasteiger partial charge in [0.1, 0.15) is 5.56 Å². The molecule has 2 aromatic carbocycles. The number of carbonyl (C=O) groups excluding carboxylic acids is 2. The van der Waals surface area contributed by atoms with E-state index in [0.717, 1.165) is 17.7 Å². The summed E-state index contributed by atoms with van der Waals surface area (Å²) in [6.45, 7) is 1.60. The quantitative estimate of drug-likeness (QED) is 0.712. The van der Waals surface area contributed by atoms with E-state index in [4.69, 9.17) is 18.9 Å². The smallest absolute Gasteiger partial charge is 0.342 e. The lowest BCUT2D eigenvalue weighted by Crippen LogP contribution is -2.38. The predicted molar refractivity (Wildman–Crippen MR) is 103 cm³/mol. The van der Waals surface area contributed by atoms with Gasteiger partial charge < -0.3 is 23.8 Å². The SMILES string of the molecule is COc1ccc(C(=O)OCC(=O)N2c3ccccc3C[C@H]2C)c(OC)c1OC. The van der Waals surface area contributed by atoms with Gasteiger partial charge in [-0.05, 0) is 37.1 Å². The van der Waals surface area contributed by atoms with Gasteiger partial charge in [-0.3, -0.25) is 4.79 Å². The number of methoxy groups -OCH3 is 3. The summed E-state index contributed by atoms with van der Waals surface area (Å²) in [4.78, 5) is 26.9. The zero-order chi connectivity index (χ0) is 20.3. The Labute approximate surface area is 163 Å². The third kappa shape index (κ3) is 3.47. The molecule has 0 aliphatic carbocycles. The second kappa shape index (κ2) is 8.21. The van der Waals surface area contributed by atoms with Crippen molar-refractivity contribution in [2.75, 3.05) is 32.8 Å². The first-order valence-electron chi connectivity index (χ1n) is 8.87. The fourth-order valence-corrected chi connectivity index (χ4v) is 3.48. The second-order valence-electron chi connectivity index (χ2n) is 6.40. The first kappa shape index (κ1) is 19.5. The molecule has 0 fully saturated rings. The molecule has 2 aromatic rings. The minimum atomic E-state index is -0.675. The van der Waals surface area contributed by atoms with Gasteiger partial charge in [-0.1, -0.05) is 18.2 Å². The van der Waals surface area contributed by atoms with Gasteiger partial charge in [-0.15, -0.1) is 0 Å². The number of hydrogen-bond donors (Lipinski definition) is 0. The van der Waals surface area contributed by atoms with Gasteiger partial charge in [0.05, 0.1) is 21.3 Å². The van der Waals surface area contributed by atoms with Crippen LogP contribution >= 0.6 is 0 Å². The van der Waals surface area contributed by atoms with Gasteiger partial charge in [0.25, 0.3) is 5.91 Å². The van der Waals surface area contributed by atoms with Crippen molar-refractivity contribution in [3.8, 4) is 17.2 Å². The van der Waals surface area contributed by atoms with Crippen LogP contribution in [-0.2, 0) is 16.0 Å².